The molecule has 6 nitrogen and oxygen atoms in total. The van der Waals surface area contributed by atoms with Crippen LogP contribution in [0.5, 0.6) is 0 Å². The van der Waals surface area contributed by atoms with Gasteiger partial charge in [-0.15, -0.1) is 10.2 Å². The van der Waals surface area contributed by atoms with E-state index in [1.54, 1.807) is 0 Å². The van der Waals surface area contributed by atoms with Crippen LogP contribution in [-0.2, 0) is 4.79 Å². The number of amides is 1. The van der Waals surface area contributed by atoms with Crippen molar-refractivity contribution in [1.29, 1.82) is 0 Å². The van der Waals surface area contributed by atoms with Crippen molar-refractivity contribution in [3.05, 3.63) is 54.6 Å². The highest BCUT2D eigenvalue weighted by Crippen LogP contribution is 2.28. The first-order chi connectivity index (χ1) is 13.7. The Morgan fingerprint density at radius 2 is 1.71 bits per heavy atom. The fraction of sp³-hybridized carbons (Fsp3) is 0.238. The fourth-order valence-electron chi connectivity index (χ4n) is 3.23. The zero-order chi connectivity index (χ0) is 19.5. The number of rotatable bonds is 6. The fourth-order valence-corrected chi connectivity index (χ4v) is 4.06. The molecule has 1 amide bonds. The van der Waals surface area contributed by atoms with Crippen LogP contribution in [0.1, 0.15) is 13.8 Å². The zero-order valence-corrected chi connectivity index (χ0v) is 16.7. The highest BCUT2D eigenvalue weighted by atomic mass is 32.2. The molecule has 2 aromatic carbocycles. The van der Waals surface area contributed by atoms with Gasteiger partial charge in [-0.2, -0.15) is 0 Å². The highest BCUT2D eigenvalue weighted by molar-refractivity contribution is 7.99. The first kappa shape index (κ1) is 18.4. The topological polar surface area (TPSA) is 63.4 Å². The molecule has 0 bridgehead atoms. The van der Waals surface area contributed by atoms with E-state index < -0.39 is 0 Å². The van der Waals surface area contributed by atoms with Crippen molar-refractivity contribution in [2.75, 3.05) is 18.8 Å². The number of carbonyl (C=O) groups excluding carboxylic acids is 1. The molecule has 0 aliphatic carbocycles. The zero-order valence-electron chi connectivity index (χ0n) is 15.9. The molecule has 0 N–H and O–H groups in total. The first-order valence-electron chi connectivity index (χ1n) is 9.32. The van der Waals surface area contributed by atoms with Crippen LogP contribution in [0.3, 0.4) is 0 Å². The van der Waals surface area contributed by atoms with E-state index in [1.807, 2.05) is 77.7 Å². The lowest BCUT2D eigenvalue weighted by molar-refractivity contribution is -0.127. The van der Waals surface area contributed by atoms with E-state index in [0.29, 0.717) is 24.0 Å². The number of hydrogen-bond donors (Lipinski definition) is 0. The Morgan fingerprint density at radius 3 is 2.46 bits per heavy atom. The molecule has 0 radical (unpaired) electrons. The summed E-state index contributed by atoms with van der Waals surface area (Å²) in [5.74, 6) is 1.20. The molecule has 7 heteroatoms. The Labute approximate surface area is 167 Å². The van der Waals surface area contributed by atoms with Crippen LogP contribution in [0.15, 0.2) is 59.8 Å². The number of fused-ring (bicyclic) bond motifs is 3. The van der Waals surface area contributed by atoms with Crippen molar-refractivity contribution in [2.24, 2.45) is 0 Å². The van der Waals surface area contributed by atoms with E-state index in [2.05, 4.69) is 10.2 Å². The van der Waals surface area contributed by atoms with Gasteiger partial charge in [0.25, 0.3) is 0 Å². The van der Waals surface area contributed by atoms with Crippen LogP contribution >= 0.6 is 11.8 Å². The summed E-state index contributed by atoms with van der Waals surface area (Å²) in [5, 5.41) is 10.4. The number of thioether (sulfide) groups is 1. The molecule has 0 spiro atoms. The van der Waals surface area contributed by atoms with Crippen LogP contribution in [-0.4, -0.2) is 49.2 Å². The van der Waals surface area contributed by atoms with Gasteiger partial charge in [-0.1, -0.05) is 54.2 Å². The molecule has 0 saturated heterocycles. The number of para-hydroxylation sites is 1. The molecule has 4 aromatic rings. The normalized spacial score (nSPS) is 11.2. The second-order valence-electron chi connectivity index (χ2n) is 6.31. The van der Waals surface area contributed by atoms with Gasteiger partial charge in [-0.05, 0) is 26.0 Å². The SMILES string of the molecule is CCN(CC)C(=O)CSc1nnc2c3ccccc3nc(-c3ccccc3)n12. The van der Waals surface area contributed by atoms with E-state index >= 15 is 0 Å². The van der Waals surface area contributed by atoms with E-state index in [4.69, 9.17) is 4.98 Å². The van der Waals surface area contributed by atoms with Crippen molar-refractivity contribution in [3.8, 4) is 11.4 Å². The van der Waals surface area contributed by atoms with E-state index in [1.165, 1.54) is 11.8 Å². The van der Waals surface area contributed by atoms with Crippen LogP contribution in [0.2, 0.25) is 0 Å². The average Bonchev–Trinajstić information content (AvgIpc) is 3.17. The van der Waals surface area contributed by atoms with Crippen molar-refractivity contribution >= 4 is 34.2 Å². The van der Waals surface area contributed by atoms with Gasteiger partial charge in [-0.3, -0.25) is 9.20 Å². The third kappa shape index (κ3) is 3.33. The van der Waals surface area contributed by atoms with Crippen molar-refractivity contribution in [3.63, 3.8) is 0 Å². The molecule has 0 saturated carbocycles. The molecule has 0 aliphatic heterocycles. The number of carbonyl (C=O) groups is 1. The lowest BCUT2D eigenvalue weighted by Crippen LogP contribution is -2.31. The quantitative estimate of drug-likeness (QED) is 0.467. The molecule has 0 unspecified atom stereocenters. The summed E-state index contributed by atoms with van der Waals surface area (Å²) in [6.07, 6.45) is 0. The summed E-state index contributed by atoms with van der Waals surface area (Å²) in [6, 6.07) is 17.9. The Bertz CT molecular complexity index is 1120. The van der Waals surface area contributed by atoms with Gasteiger partial charge in [0.05, 0.1) is 11.3 Å². The predicted molar refractivity (Wildman–Crippen MR) is 112 cm³/mol. The highest BCUT2D eigenvalue weighted by Gasteiger charge is 2.18. The van der Waals surface area contributed by atoms with Crippen LogP contribution in [0, 0.1) is 0 Å². The first-order valence-corrected chi connectivity index (χ1v) is 10.3. The van der Waals surface area contributed by atoms with E-state index in [-0.39, 0.29) is 5.91 Å². The van der Waals surface area contributed by atoms with Crippen LogP contribution in [0.4, 0.5) is 0 Å². The van der Waals surface area contributed by atoms with Gasteiger partial charge < -0.3 is 4.90 Å². The van der Waals surface area contributed by atoms with Crippen molar-refractivity contribution < 1.29 is 4.79 Å². The average molecular weight is 392 g/mol. The Balaban J connectivity index is 1.82. The Morgan fingerprint density at radius 1 is 1.00 bits per heavy atom. The van der Waals surface area contributed by atoms with Gasteiger partial charge in [0, 0.05) is 24.0 Å². The number of nitrogens with zero attached hydrogens (tertiary/aromatic N) is 5. The molecule has 0 fully saturated rings. The second-order valence-corrected chi connectivity index (χ2v) is 7.26. The van der Waals surface area contributed by atoms with Crippen molar-refractivity contribution in [2.45, 2.75) is 19.0 Å². The minimum Gasteiger partial charge on any atom is -0.343 e. The summed E-state index contributed by atoms with van der Waals surface area (Å²) < 4.78 is 1.96. The van der Waals surface area contributed by atoms with Crippen LogP contribution < -0.4 is 0 Å². The summed E-state index contributed by atoms with van der Waals surface area (Å²) in [4.78, 5) is 19.1. The monoisotopic (exact) mass is 391 g/mol. The summed E-state index contributed by atoms with van der Waals surface area (Å²) in [6.45, 7) is 5.39. The molecule has 0 aliphatic rings. The predicted octanol–water partition coefficient (Wildman–Crippen LogP) is 3.91. The molecular weight excluding hydrogens is 370 g/mol. The number of hydrogen-bond acceptors (Lipinski definition) is 5. The summed E-state index contributed by atoms with van der Waals surface area (Å²) >= 11 is 1.40. The molecule has 0 atom stereocenters. The van der Waals surface area contributed by atoms with E-state index in [9.17, 15) is 4.79 Å². The van der Waals surface area contributed by atoms with Gasteiger partial charge in [0.1, 0.15) is 5.82 Å². The molecular formula is C21H21N5OS. The number of aromatic nitrogens is 4. The summed E-state index contributed by atoms with van der Waals surface area (Å²) in [7, 11) is 0. The maximum atomic E-state index is 12.4. The smallest absolute Gasteiger partial charge is 0.233 e. The minimum absolute atomic E-state index is 0.0989. The van der Waals surface area contributed by atoms with E-state index in [0.717, 1.165) is 27.9 Å². The third-order valence-electron chi connectivity index (χ3n) is 4.69. The maximum absolute atomic E-state index is 12.4. The lowest BCUT2D eigenvalue weighted by Gasteiger charge is -2.18. The number of benzene rings is 2. The summed E-state index contributed by atoms with van der Waals surface area (Å²) in [5.41, 5.74) is 2.61. The van der Waals surface area contributed by atoms with Gasteiger partial charge in [0.2, 0.25) is 5.91 Å². The van der Waals surface area contributed by atoms with Crippen molar-refractivity contribution in [1.82, 2.24) is 24.5 Å². The molecule has 28 heavy (non-hydrogen) atoms. The standard InChI is InChI=1S/C21H21N5OS/c1-3-25(4-2)18(27)14-28-21-24-23-20-16-12-8-9-13-17(16)22-19(26(20)21)15-10-6-5-7-11-15/h5-13H,3-4,14H2,1-2H3. The van der Waals surface area contributed by atoms with Crippen LogP contribution in [0.25, 0.3) is 27.9 Å². The van der Waals surface area contributed by atoms with Gasteiger partial charge in [-0.25, -0.2) is 4.98 Å². The maximum Gasteiger partial charge on any atom is 0.233 e. The Kier molecular flexibility index (Phi) is 5.25. The molecule has 2 aromatic heterocycles. The van der Waals surface area contributed by atoms with Gasteiger partial charge in [0.15, 0.2) is 10.8 Å². The minimum atomic E-state index is 0.0989. The molecule has 2 heterocycles. The Hall–Kier alpha value is -2.93. The lowest BCUT2D eigenvalue weighted by atomic mass is 10.2. The molecule has 4 rings (SSSR count). The van der Waals surface area contributed by atoms with Gasteiger partial charge >= 0.3 is 0 Å². The molecule has 142 valence electrons. The largest absolute Gasteiger partial charge is 0.343 e. The second kappa shape index (κ2) is 7.98. The third-order valence-corrected chi connectivity index (χ3v) is 5.60.